The number of aryl methyl sites for hydroxylation is 3. The Labute approximate surface area is 172 Å². The average Bonchev–Trinajstić information content (AvgIpc) is 2.77. The van der Waals surface area contributed by atoms with Crippen molar-refractivity contribution in [3.63, 3.8) is 0 Å². The summed E-state index contributed by atoms with van der Waals surface area (Å²) in [6, 6.07) is 20.5. The normalized spacial score (nSPS) is 15.6. The van der Waals surface area contributed by atoms with E-state index in [9.17, 15) is 5.11 Å². The molecule has 3 aromatic rings. The zero-order valence-electron chi connectivity index (χ0n) is 17.2. The number of phenolic OH excluding ortho intramolecular Hbond substituents is 1. The smallest absolute Gasteiger partial charge is 0.119 e. The Kier molecular flexibility index (Phi) is 5.75. The van der Waals surface area contributed by atoms with Gasteiger partial charge in [-0.1, -0.05) is 24.3 Å². The minimum atomic E-state index is 0.313. The number of aromatic hydroxyl groups is 1. The van der Waals surface area contributed by atoms with Gasteiger partial charge in [-0.3, -0.25) is 0 Å². The van der Waals surface area contributed by atoms with E-state index in [0.717, 1.165) is 43.6 Å². The van der Waals surface area contributed by atoms with Gasteiger partial charge in [-0.15, -0.1) is 0 Å². The molecular weight excluding hydrogens is 360 g/mol. The molecule has 29 heavy (non-hydrogen) atoms. The van der Waals surface area contributed by atoms with Crippen LogP contribution in [0, 0.1) is 0 Å². The molecule has 3 nitrogen and oxygen atoms in total. The molecule has 3 heteroatoms. The largest absolute Gasteiger partial charge is 0.508 e. The van der Waals surface area contributed by atoms with Crippen LogP contribution in [0.2, 0.25) is 0 Å². The van der Waals surface area contributed by atoms with Gasteiger partial charge in [-0.25, -0.2) is 0 Å². The van der Waals surface area contributed by atoms with Gasteiger partial charge in [-0.05, 0) is 102 Å². The van der Waals surface area contributed by atoms with Gasteiger partial charge in [0.2, 0.25) is 0 Å². The summed E-state index contributed by atoms with van der Waals surface area (Å²) in [6.07, 6.45) is 5.21. The van der Waals surface area contributed by atoms with E-state index in [0.29, 0.717) is 11.7 Å². The summed E-state index contributed by atoms with van der Waals surface area (Å²) in [5.74, 6) is 2.70. The molecule has 0 aliphatic heterocycles. The maximum absolute atomic E-state index is 9.51. The number of ether oxygens (including phenoxy) is 2. The van der Waals surface area contributed by atoms with E-state index in [2.05, 4.69) is 36.4 Å². The lowest BCUT2D eigenvalue weighted by molar-refractivity contribution is 0.412. The van der Waals surface area contributed by atoms with E-state index >= 15 is 0 Å². The molecule has 0 bridgehead atoms. The van der Waals surface area contributed by atoms with Crippen LogP contribution in [0.4, 0.5) is 0 Å². The third kappa shape index (κ3) is 4.40. The molecule has 0 spiro atoms. The lowest BCUT2D eigenvalue weighted by Gasteiger charge is -2.27. The molecule has 150 valence electrons. The van der Waals surface area contributed by atoms with Crippen molar-refractivity contribution >= 4 is 0 Å². The first-order valence-electron chi connectivity index (χ1n) is 10.3. The van der Waals surface area contributed by atoms with Crippen molar-refractivity contribution in [2.45, 2.75) is 38.0 Å². The van der Waals surface area contributed by atoms with Gasteiger partial charge in [0.25, 0.3) is 0 Å². The lowest BCUT2D eigenvalue weighted by atomic mass is 9.78. The van der Waals surface area contributed by atoms with Crippen LogP contribution in [0.5, 0.6) is 17.2 Å². The SMILES string of the molecule is COc1ccc2c(c1)CCC(c1ccc(OC)cc1CCc1ccc(O)cc1)C2. The number of benzene rings is 3. The Morgan fingerprint density at radius 3 is 2.31 bits per heavy atom. The van der Waals surface area contributed by atoms with Gasteiger partial charge in [0.15, 0.2) is 0 Å². The van der Waals surface area contributed by atoms with Crippen molar-refractivity contribution in [3.05, 3.63) is 88.5 Å². The second kappa shape index (κ2) is 8.60. The summed E-state index contributed by atoms with van der Waals surface area (Å²) >= 11 is 0. The molecule has 0 saturated carbocycles. The zero-order chi connectivity index (χ0) is 20.2. The Bertz CT molecular complexity index is 976. The Morgan fingerprint density at radius 1 is 0.828 bits per heavy atom. The van der Waals surface area contributed by atoms with Crippen molar-refractivity contribution in [1.29, 1.82) is 0 Å². The summed E-state index contributed by atoms with van der Waals surface area (Å²) in [6.45, 7) is 0. The summed E-state index contributed by atoms with van der Waals surface area (Å²) in [4.78, 5) is 0. The van der Waals surface area contributed by atoms with Gasteiger partial charge in [0.1, 0.15) is 17.2 Å². The molecule has 0 heterocycles. The lowest BCUT2D eigenvalue weighted by Crippen LogP contribution is -2.15. The van der Waals surface area contributed by atoms with Crippen LogP contribution < -0.4 is 9.47 Å². The fourth-order valence-corrected chi connectivity index (χ4v) is 4.39. The Morgan fingerprint density at radius 2 is 1.55 bits per heavy atom. The van der Waals surface area contributed by atoms with Crippen molar-refractivity contribution in [2.75, 3.05) is 14.2 Å². The fourth-order valence-electron chi connectivity index (χ4n) is 4.39. The third-order valence-corrected chi connectivity index (χ3v) is 6.05. The maximum atomic E-state index is 9.51. The topological polar surface area (TPSA) is 38.7 Å². The second-order valence-electron chi connectivity index (χ2n) is 7.81. The van der Waals surface area contributed by atoms with E-state index < -0.39 is 0 Å². The van der Waals surface area contributed by atoms with Crippen molar-refractivity contribution in [2.24, 2.45) is 0 Å². The van der Waals surface area contributed by atoms with Gasteiger partial charge < -0.3 is 14.6 Å². The number of phenols is 1. The van der Waals surface area contributed by atoms with E-state index in [1.165, 1.54) is 27.8 Å². The first-order chi connectivity index (χ1) is 14.2. The molecule has 0 saturated heterocycles. The van der Waals surface area contributed by atoms with Gasteiger partial charge in [0.05, 0.1) is 14.2 Å². The predicted molar refractivity (Wildman–Crippen MR) is 116 cm³/mol. The van der Waals surface area contributed by atoms with E-state index in [1.807, 2.05) is 12.1 Å². The van der Waals surface area contributed by atoms with Gasteiger partial charge in [-0.2, -0.15) is 0 Å². The number of methoxy groups -OCH3 is 2. The quantitative estimate of drug-likeness (QED) is 0.609. The van der Waals surface area contributed by atoms with Crippen LogP contribution >= 0.6 is 0 Å². The Hall–Kier alpha value is -2.94. The van der Waals surface area contributed by atoms with Crippen molar-refractivity contribution < 1.29 is 14.6 Å². The third-order valence-electron chi connectivity index (χ3n) is 6.05. The molecule has 1 unspecified atom stereocenters. The van der Waals surface area contributed by atoms with Crippen molar-refractivity contribution in [1.82, 2.24) is 0 Å². The van der Waals surface area contributed by atoms with E-state index in [4.69, 9.17) is 9.47 Å². The molecule has 0 fully saturated rings. The van der Waals surface area contributed by atoms with E-state index in [1.54, 1.807) is 26.4 Å². The minimum absolute atomic E-state index is 0.313. The molecule has 1 N–H and O–H groups in total. The molecule has 0 amide bonds. The standard InChI is InChI=1S/C26H28O3/c1-28-24-12-9-19-15-21(8-7-20(19)16-24)26-14-13-25(29-2)17-22(26)6-3-18-4-10-23(27)11-5-18/h4-5,9-14,16-17,21,27H,3,6-8,15H2,1-2H3. The minimum Gasteiger partial charge on any atom is -0.508 e. The molecule has 0 aromatic heterocycles. The summed E-state index contributed by atoms with van der Waals surface area (Å²) in [7, 11) is 3.45. The molecular formula is C26H28O3. The van der Waals surface area contributed by atoms with Crippen LogP contribution in [-0.4, -0.2) is 19.3 Å². The number of hydrogen-bond acceptors (Lipinski definition) is 3. The summed E-state index contributed by atoms with van der Waals surface area (Å²) in [5, 5.41) is 9.51. The van der Waals surface area contributed by atoms with Gasteiger partial charge >= 0.3 is 0 Å². The molecule has 1 aliphatic carbocycles. The van der Waals surface area contributed by atoms with Crippen LogP contribution in [-0.2, 0) is 25.7 Å². The molecule has 1 atom stereocenters. The summed E-state index contributed by atoms with van der Waals surface area (Å²) < 4.78 is 10.9. The first-order valence-corrected chi connectivity index (χ1v) is 10.3. The molecule has 1 aliphatic rings. The predicted octanol–water partition coefficient (Wildman–Crippen LogP) is 5.47. The highest BCUT2D eigenvalue weighted by molar-refractivity contribution is 5.43. The molecule has 4 rings (SSSR count). The fraction of sp³-hybridized carbons (Fsp3) is 0.308. The number of rotatable bonds is 6. The highest BCUT2D eigenvalue weighted by Gasteiger charge is 2.23. The molecule has 3 aromatic carbocycles. The average molecular weight is 389 g/mol. The highest BCUT2D eigenvalue weighted by Crippen LogP contribution is 2.37. The van der Waals surface area contributed by atoms with Crippen LogP contribution in [0.25, 0.3) is 0 Å². The summed E-state index contributed by atoms with van der Waals surface area (Å²) in [5.41, 5.74) is 6.88. The maximum Gasteiger partial charge on any atom is 0.119 e. The Balaban J connectivity index is 1.57. The number of hydrogen-bond donors (Lipinski definition) is 1. The zero-order valence-corrected chi connectivity index (χ0v) is 17.2. The van der Waals surface area contributed by atoms with E-state index in [-0.39, 0.29) is 0 Å². The number of fused-ring (bicyclic) bond motifs is 1. The van der Waals surface area contributed by atoms with Crippen LogP contribution in [0.3, 0.4) is 0 Å². The van der Waals surface area contributed by atoms with Crippen molar-refractivity contribution in [3.8, 4) is 17.2 Å². The second-order valence-corrected chi connectivity index (χ2v) is 7.81. The van der Waals surface area contributed by atoms with Gasteiger partial charge in [0, 0.05) is 0 Å². The first kappa shape index (κ1) is 19.4. The highest BCUT2D eigenvalue weighted by atomic mass is 16.5. The van der Waals surface area contributed by atoms with Crippen LogP contribution in [0.15, 0.2) is 60.7 Å². The monoisotopic (exact) mass is 388 g/mol. The molecule has 0 radical (unpaired) electrons. The van der Waals surface area contributed by atoms with Crippen LogP contribution in [0.1, 0.15) is 40.2 Å².